The van der Waals surface area contributed by atoms with Crippen LogP contribution in [0.5, 0.6) is 0 Å². The molecule has 19 heteroatoms. The molecule has 0 saturated carbocycles. The Morgan fingerprint density at radius 1 is 1.15 bits per heavy atom. The number of benzene rings is 1. The Labute approximate surface area is 226 Å². The van der Waals surface area contributed by atoms with E-state index in [1.165, 1.54) is 29.2 Å². The lowest BCUT2D eigenvalue weighted by molar-refractivity contribution is -0.384. The van der Waals surface area contributed by atoms with Crippen molar-refractivity contribution in [1.82, 2.24) is 14.7 Å². The molecule has 3 amide bonds. The molecule has 0 spiro atoms. The van der Waals surface area contributed by atoms with E-state index in [0.717, 1.165) is 0 Å². The molecule has 0 bridgehead atoms. The summed E-state index contributed by atoms with van der Waals surface area (Å²) in [6, 6.07) is 5.06. The number of nitro benzene ring substituents is 1. The van der Waals surface area contributed by atoms with Gasteiger partial charge >= 0.3 is 21.7 Å². The summed E-state index contributed by atoms with van der Waals surface area (Å²) in [7, 11) is -5.84. The zero-order chi connectivity index (χ0) is 29.5. The molecule has 1 aromatic carbocycles. The SMILES string of the molecule is NC(=O)CN1CCN(C(=O)[C@@H]2C[C@H](S)CN2C(=O)OCc2ccc([N+](=O)[O-])cc2)CC1.O=S(=O)(O)C(F)(F)F. The molecule has 218 valence electrons. The summed E-state index contributed by atoms with van der Waals surface area (Å²) in [5.74, 6) is -0.571. The van der Waals surface area contributed by atoms with Gasteiger partial charge in [-0.05, 0) is 24.1 Å². The van der Waals surface area contributed by atoms with E-state index in [-0.39, 0.29) is 30.0 Å². The first-order chi connectivity index (χ1) is 18.0. The molecule has 0 aliphatic carbocycles. The van der Waals surface area contributed by atoms with Crippen LogP contribution in [0.4, 0.5) is 23.7 Å². The fourth-order valence-corrected chi connectivity index (χ4v) is 4.12. The second-order valence-corrected chi connectivity index (χ2v) is 10.7. The maximum Gasteiger partial charge on any atom is 0.522 e. The van der Waals surface area contributed by atoms with E-state index in [4.69, 9.17) is 23.4 Å². The third kappa shape index (κ3) is 9.52. The third-order valence-electron chi connectivity index (χ3n) is 5.66. The molecule has 2 heterocycles. The van der Waals surface area contributed by atoms with Crippen LogP contribution in [0.25, 0.3) is 0 Å². The van der Waals surface area contributed by atoms with Crippen LogP contribution in [-0.4, -0.2) is 107 Å². The van der Waals surface area contributed by atoms with Crippen LogP contribution in [0.15, 0.2) is 24.3 Å². The van der Waals surface area contributed by atoms with Crippen LogP contribution in [0.3, 0.4) is 0 Å². The summed E-state index contributed by atoms with van der Waals surface area (Å²) >= 11 is 4.44. The highest BCUT2D eigenvalue weighted by Crippen LogP contribution is 2.25. The monoisotopic (exact) mass is 601 g/mol. The van der Waals surface area contributed by atoms with Gasteiger partial charge in [0, 0.05) is 50.1 Å². The van der Waals surface area contributed by atoms with E-state index in [1.54, 1.807) is 4.90 Å². The number of nitrogens with zero attached hydrogens (tertiary/aromatic N) is 4. The largest absolute Gasteiger partial charge is 0.522 e. The first kappa shape index (κ1) is 32.1. The Morgan fingerprint density at radius 2 is 1.69 bits per heavy atom. The molecule has 2 aliphatic rings. The number of halogens is 3. The van der Waals surface area contributed by atoms with E-state index >= 15 is 0 Å². The van der Waals surface area contributed by atoms with Crippen LogP contribution in [0, 0.1) is 10.1 Å². The average molecular weight is 602 g/mol. The molecule has 14 nitrogen and oxygen atoms in total. The lowest BCUT2D eigenvalue weighted by Gasteiger charge is -2.36. The Bertz CT molecular complexity index is 1160. The predicted octanol–water partition coefficient (Wildman–Crippen LogP) is 0.628. The molecule has 2 atom stereocenters. The van der Waals surface area contributed by atoms with E-state index < -0.39 is 38.6 Å². The van der Waals surface area contributed by atoms with Crippen LogP contribution in [-0.2, 0) is 31.1 Å². The molecule has 1 aromatic rings. The number of carbonyl (C=O) groups is 3. The predicted molar refractivity (Wildman–Crippen MR) is 131 cm³/mol. The summed E-state index contributed by atoms with van der Waals surface area (Å²) in [6.07, 6.45) is -0.198. The van der Waals surface area contributed by atoms with Crippen molar-refractivity contribution < 1.29 is 50.2 Å². The van der Waals surface area contributed by atoms with E-state index in [1.807, 2.05) is 4.90 Å². The first-order valence-electron chi connectivity index (χ1n) is 11.2. The lowest BCUT2D eigenvalue weighted by Crippen LogP contribution is -2.55. The molecule has 0 unspecified atom stereocenters. The average Bonchev–Trinajstić information content (AvgIpc) is 3.23. The summed E-state index contributed by atoms with van der Waals surface area (Å²) in [6.45, 7) is 2.37. The van der Waals surface area contributed by atoms with Crippen molar-refractivity contribution in [2.75, 3.05) is 39.3 Å². The van der Waals surface area contributed by atoms with Crippen LogP contribution < -0.4 is 5.73 Å². The molecule has 0 radical (unpaired) electrons. The molecule has 39 heavy (non-hydrogen) atoms. The number of rotatable bonds is 6. The maximum atomic E-state index is 13.0. The summed E-state index contributed by atoms with van der Waals surface area (Å²) in [5.41, 5.74) is 0.241. The van der Waals surface area contributed by atoms with Gasteiger partial charge in [-0.3, -0.25) is 34.1 Å². The number of carbonyl (C=O) groups excluding carboxylic acids is 3. The number of thiol groups is 1. The molecular weight excluding hydrogens is 575 g/mol. The normalized spacial score (nSPS) is 20.1. The second-order valence-electron chi connectivity index (χ2n) is 8.52. The molecule has 0 aromatic heterocycles. The van der Waals surface area contributed by atoms with Crippen molar-refractivity contribution in [3.8, 4) is 0 Å². The van der Waals surface area contributed by atoms with Crippen molar-refractivity contribution in [3.63, 3.8) is 0 Å². The fourth-order valence-electron chi connectivity index (χ4n) is 3.75. The van der Waals surface area contributed by atoms with Crippen molar-refractivity contribution >= 4 is 46.3 Å². The highest BCUT2D eigenvalue weighted by atomic mass is 32.2. The Hall–Kier alpha value is -3.16. The summed E-state index contributed by atoms with van der Waals surface area (Å²) in [5, 5.41) is 10.6. The lowest BCUT2D eigenvalue weighted by atomic mass is 10.1. The Balaban J connectivity index is 0.000000580. The molecular formula is C20H26F3N5O9S2. The zero-order valence-electron chi connectivity index (χ0n) is 20.2. The van der Waals surface area contributed by atoms with Gasteiger partial charge in [0.15, 0.2) is 0 Å². The minimum atomic E-state index is -5.84. The molecule has 3 N–H and O–H groups in total. The van der Waals surface area contributed by atoms with Crippen molar-refractivity contribution in [2.45, 2.75) is 29.8 Å². The molecule has 2 fully saturated rings. The number of hydrogen-bond acceptors (Lipinski definition) is 10. The number of piperazine rings is 1. The van der Waals surface area contributed by atoms with Gasteiger partial charge in [0.1, 0.15) is 12.6 Å². The van der Waals surface area contributed by atoms with Gasteiger partial charge in [0.2, 0.25) is 11.8 Å². The number of ether oxygens (including phenoxy) is 1. The van der Waals surface area contributed by atoms with Gasteiger partial charge in [0.25, 0.3) is 5.69 Å². The van der Waals surface area contributed by atoms with Gasteiger partial charge in [-0.2, -0.15) is 34.2 Å². The van der Waals surface area contributed by atoms with E-state index in [9.17, 15) is 37.7 Å². The van der Waals surface area contributed by atoms with Crippen LogP contribution in [0.1, 0.15) is 12.0 Å². The highest BCUT2D eigenvalue weighted by Gasteiger charge is 2.44. The van der Waals surface area contributed by atoms with Gasteiger partial charge in [0.05, 0.1) is 11.5 Å². The van der Waals surface area contributed by atoms with Crippen molar-refractivity contribution in [3.05, 3.63) is 39.9 Å². The molecule has 2 aliphatic heterocycles. The van der Waals surface area contributed by atoms with Gasteiger partial charge < -0.3 is 15.4 Å². The fraction of sp³-hybridized carbons (Fsp3) is 0.550. The standard InChI is InChI=1S/C19H25N5O6S.CHF3O3S/c20-17(25)11-21-5-7-22(8-6-21)18(26)16-9-15(31)10-23(16)19(27)30-12-13-1-3-14(4-2-13)24(28)29;2-1(3,4)8(5,6)7/h1-4,15-16,31H,5-12H2,(H2,20,25);(H,5,6,7)/t15-,16-;/m0./s1. The van der Waals surface area contributed by atoms with Gasteiger partial charge in [-0.15, -0.1) is 0 Å². The first-order valence-corrected chi connectivity index (χ1v) is 13.1. The molecule has 2 saturated heterocycles. The van der Waals surface area contributed by atoms with E-state index in [2.05, 4.69) is 12.6 Å². The van der Waals surface area contributed by atoms with E-state index in [0.29, 0.717) is 44.7 Å². The number of primary amides is 1. The minimum absolute atomic E-state index is 0.0471. The number of alkyl halides is 3. The van der Waals surface area contributed by atoms with Crippen LogP contribution >= 0.6 is 12.6 Å². The number of nitro groups is 1. The van der Waals surface area contributed by atoms with Gasteiger partial charge in [-0.1, -0.05) is 0 Å². The van der Waals surface area contributed by atoms with Crippen LogP contribution in [0.2, 0.25) is 0 Å². The second kappa shape index (κ2) is 13.3. The van der Waals surface area contributed by atoms with Crippen molar-refractivity contribution in [1.29, 1.82) is 0 Å². The Morgan fingerprint density at radius 3 is 2.15 bits per heavy atom. The molecule has 3 rings (SSSR count). The third-order valence-corrected chi connectivity index (χ3v) is 6.62. The van der Waals surface area contributed by atoms with Crippen molar-refractivity contribution in [2.24, 2.45) is 5.73 Å². The smallest absolute Gasteiger partial charge is 0.445 e. The number of hydrogen-bond donors (Lipinski definition) is 3. The Kier molecular flexibility index (Phi) is 10.9. The topological polar surface area (TPSA) is 194 Å². The number of amides is 3. The summed E-state index contributed by atoms with van der Waals surface area (Å²) in [4.78, 5) is 51.9. The highest BCUT2D eigenvalue weighted by molar-refractivity contribution is 7.86. The quantitative estimate of drug-likeness (QED) is 0.137. The number of likely N-dealkylation sites (tertiary alicyclic amines) is 1. The number of non-ortho nitro benzene ring substituents is 1. The van der Waals surface area contributed by atoms with Gasteiger partial charge in [-0.25, -0.2) is 4.79 Å². The maximum absolute atomic E-state index is 13.0. The summed E-state index contributed by atoms with van der Waals surface area (Å²) < 4.78 is 62.9. The minimum Gasteiger partial charge on any atom is -0.445 e. The zero-order valence-corrected chi connectivity index (χ0v) is 21.9. The number of nitrogens with two attached hydrogens (primary N) is 1.